The minimum absolute atomic E-state index is 0.405. The molecule has 0 radical (unpaired) electrons. The molecule has 0 saturated carbocycles. The van der Waals surface area contributed by atoms with Crippen LogP contribution in [0.4, 0.5) is 0 Å². The summed E-state index contributed by atoms with van der Waals surface area (Å²) in [6, 6.07) is 1.85. The summed E-state index contributed by atoms with van der Waals surface area (Å²) in [5, 5.41) is 0. The molecule has 0 aliphatic carbocycles. The molecule has 0 fully saturated rings. The summed E-state index contributed by atoms with van der Waals surface area (Å²) in [6.07, 6.45) is 0. The molecule has 64 valence electrons. The van der Waals surface area contributed by atoms with Crippen molar-refractivity contribution in [1.29, 1.82) is 0 Å². The highest BCUT2D eigenvalue weighted by molar-refractivity contribution is 5.95. The fraction of sp³-hybridized carbons (Fsp3) is 0.333. The van der Waals surface area contributed by atoms with Gasteiger partial charge in [-0.05, 0) is 32.4 Å². The highest BCUT2D eigenvalue weighted by Crippen LogP contribution is 2.11. The number of nitrogens with two attached hydrogens (primary N) is 1. The molecule has 0 aliphatic rings. The van der Waals surface area contributed by atoms with Crippen molar-refractivity contribution in [2.45, 2.75) is 20.8 Å². The third kappa shape index (κ3) is 1.44. The predicted octanol–water partition coefficient (Wildman–Crippen LogP) is 1.11. The Morgan fingerprint density at radius 3 is 2.42 bits per heavy atom. The van der Waals surface area contributed by atoms with Crippen molar-refractivity contribution >= 4 is 5.91 Å². The van der Waals surface area contributed by atoms with Crippen molar-refractivity contribution in [2.75, 3.05) is 0 Å². The van der Waals surface area contributed by atoms with Crippen LogP contribution in [0.1, 0.15) is 27.3 Å². The van der Waals surface area contributed by atoms with E-state index in [9.17, 15) is 4.79 Å². The Kier molecular flexibility index (Phi) is 2.13. The van der Waals surface area contributed by atoms with Gasteiger partial charge in [-0.15, -0.1) is 0 Å². The molecule has 3 heteroatoms. The maximum Gasteiger partial charge on any atom is 0.250 e. The zero-order valence-corrected chi connectivity index (χ0v) is 7.51. The highest BCUT2D eigenvalue weighted by Gasteiger charge is 2.09. The molecule has 0 bridgehead atoms. The second kappa shape index (κ2) is 2.93. The largest absolute Gasteiger partial charge is 0.366 e. The van der Waals surface area contributed by atoms with Crippen molar-refractivity contribution < 1.29 is 4.79 Å². The van der Waals surface area contributed by atoms with Crippen molar-refractivity contribution in [3.63, 3.8) is 0 Å². The first-order valence-corrected chi connectivity index (χ1v) is 3.77. The number of amides is 1. The average molecular weight is 164 g/mol. The third-order valence-corrected chi connectivity index (χ3v) is 1.77. The maximum atomic E-state index is 10.9. The van der Waals surface area contributed by atoms with E-state index in [1.165, 1.54) is 0 Å². The smallest absolute Gasteiger partial charge is 0.250 e. The number of pyridine rings is 1. The number of carbonyl (C=O) groups excluding carboxylic acids is 1. The first-order valence-electron chi connectivity index (χ1n) is 3.77. The monoisotopic (exact) mass is 164 g/mol. The molecule has 2 N–H and O–H groups in total. The lowest BCUT2D eigenvalue weighted by Gasteiger charge is -2.05. The summed E-state index contributed by atoms with van der Waals surface area (Å²) >= 11 is 0. The number of hydrogen-bond acceptors (Lipinski definition) is 2. The fourth-order valence-corrected chi connectivity index (χ4v) is 1.40. The zero-order valence-electron chi connectivity index (χ0n) is 7.51. The van der Waals surface area contributed by atoms with E-state index in [-0.39, 0.29) is 0 Å². The van der Waals surface area contributed by atoms with Crippen LogP contribution in [0.25, 0.3) is 0 Å². The first kappa shape index (κ1) is 8.71. The SMILES string of the molecule is Cc1cc(C)c(C(N)=O)c(C)n1. The summed E-state index contributed by atoms with van der Waals surface area (Å²) < 4.78 is 0. The van der Waals surface area contributed by atoms with Gasteiger partial charge in [0.2, 0.25) is 0 Å². The van der Waals surface area contributed by atoms with Gasteiger partial charge in [0, 0.05) is 5.69 Å². The van der Waals surface area contributed by atoms with Gasteiger partial charge in [0.25, 0.3) is 5.91 Å². The molecule has 3 nitrogen and oxygen atoms in total. The summed E-state index contributed by atoms with van der Waals surface area (Å²) in [7, 11) is 0. The molecule has 0 unspecified atom stereocenters. The van der Waals surface area contributed by atoms with Crippen LogP contribution in [-0.2, 0) is 0 Å². The molecular formula is C9H12N2O. The molecule has 12 heavy (non-hydrogen) atoms. The van der Waals surface area contributed by atoms with Crippen LogP contribution in [0, 0.1) is 20.8 Å². The Morgan fingerprint density at radius 1 is 1.42 bits per heavy atom. The number of rotatable bonds is 1. The first-order chi connectivity index (χ1) is 5.52. The standard InChI is InChI=1S/C9H12N2O/c1-5-4-6(2)11-7(3)8(5)9(10)12/h4H,1-3H3,(H2,10,12). The lowest BCUT2D eigenvalue weighted by Crippen LogP contribution is -2.15. The molecule has 0 atom stereocenters. The summed E-state index contributed by atoms with van der Waals surface area (Å²) in [5.74, 6) is -0.405. The van der Waals surface area contributed by atoms with Gasteiger partial charge in [-0.3, -0.25) is 9.78 Å². The Hall–Kier alpha value is -1.38. The van der Waals surface area contributed by atoms with Crippen molar-refractivity contribution in [2.24, 2.45) is 5.73 Å². The molecule has 1 aromatic rings. The third-order valence-electron chi connectivity index (χ3n) is 1.77. The number of carbonyl (C=O) groups is 1. The van der Waals surface area contributed by atoms with Crippen LogP contribution in [-0.4, -0.2) is 10.9 Å². The number of aromatic nitrogens is 1. The molecule has 0 spiro atoms. The normalized spacial score (nSPS) is 9.92. The molecule has 0 saturated heterocycles. The summed E-state index contributed by atoms with van der Waals surface area (Å²) in [4.78, 5) is 15.1. The van der Waals surface area contributed by atoms with Gasteiger partial charge in [-0.2, -0.15) is 0 Å². The van der Waals surface area contributed by atoms with Gasteiger partial charge < -0.3 is 5.73 Å². The minimum Gasteiger partial charge on any atom is -0.366 e. The molecule has 1 rings (SSSR count). The molecule has 1 heterocycles. The second-order valence-corrected chi connectivity index (χ2v) is 2.91. The molecule has 1 amide bonds. The van der Waals surface area contributed by atoms with E-state index in [0.29, 0.717) is 11.3 Å². The van der Waals surface area contributed by atoms with E-state index in [0.717, 1.165) is 11.3 Å². The minimum atomic E-state index is -0.405. The molecule has 0 aliphatic heterocycles. The fourth-order valence-electron chi connectivity index (χ4n) is 1.40. The van der Waals surface area contributed by atoms with Crippen molar-refractivity contribution in [1.82, 2.24) is 4.98 Å². The maximum absolute atomic E-state index is 10.9. The van der Waals surface area contributed by atoms with Crippen LogP contribution >= 0.6 is 0 Å². The van der Waals surface area contributed by atoms with Crippen LogP contribution in [0.15, 0.2) is 6.07 Å². The Labute approximate surface area is 71.6 Å². The van der Waals surface area contributed by atoms with E-state index in [1.54, 1.807) is 6.92 Å². The lowest BCUT2D eigenvalue weighted by molar-refractivity contribution is 0.0998. The number of primary amides is 1. The molecular weight excluding hydrogens is 152 g/mol. The summed E-state index contributed by atoms with van der Waals surface area (Å²) in [6.45, 7) is 5.55. The zero-order chi connectivity index (χ0) is 9.30. The Bertz CT molecular complexity index is 308. The van der Waals surface area contributed by atoms with E-state index in [1.807, 2.05) is 19.9 Å². The van der Waals surface area contributed by atoms with Gasteiger partial charge in [-0.1, -0.05) is 0 Å². The van der Waals surface area contributed by atoms with Crippen molar-refractivity contribution in [3.05, 3.63) is 28.6 Å². The van der Waals surface area contributed by atoms with E-state index in [2.05, 4.69) is 4.98 Å². The predicted molar refractivity (Wildman–Crippen MR) is 47.0 cm³/mol. The Balaban J connectivity index is 3.38. The van der Waals surface area contributed by atoms with Crippen molar-refractivity contribution in [3.8, 4) is 0 Å². The highest BCUT2D eigenvalue weighted by atomic mass is 16.1. The average Bonchev–Trinajstić information content (AvgIpc) is 1.82. The van der Waals surface area contributed by atoms with Crippen LogP contribution in [0.2, 0.25) is 0 Å². The van der Waals surface area contributed by atoms with Crippen LogP contribution in [0.3, 0.4) is 0 Å². The number of aryl methyl sites for hydroxylation is 3. The lowest BCUT2D eigenvalue weighted by atomic mass is 10.1. The quantitative estimate of drug-likeness (QED) is 0.675. The van der Waals surface area contributed by atoms with Gasteiger partial charge in [0.1, 0.15) is 0 Å². The van der Waals surface area contributed by atoms with Gasteiger partial charge in [-0.25, -0.2) is 0 Å². The second-order valence-electron chi connectivity index (χ2n) is 2.91. The van der Waals surface area contributed by atoms with Gasteiger partial charge in [0.05, 0.1) is 11.3 Å². The molecule has 1 aromatic heterocycles. The number of hydrogen-bond donors (Lipinski definition) is 1. The topological polar surface area (TPSA) is 56.0 Å². The van der Waals surface area contributed by atoms with Crippen LogP contribution < -0.4 is 5.73 Å². The van der Waals surface area contributed by atoms with E-state index < -0.39 is 5.91 Å². The molecule has 0 aromatic carbocycles. The number of nitrogens with zero attached hydrogens (tertiary/aromatic N) is 1. The van der Waals surface area contributed by atoms with E-state index in [4.69, 9.17) is 5.73 Å². The summed E-state index contributed by atoms with van der Waals surface area (Å²) in [5.41, 5.74) is 8.24. The van der Waals surface area contributed by atoms with Gasteiger partial charge in [0.15, 0.2) is 0 Å². The van der Waals surface area contributed by atoms with Gasteiger partial charge >= 0.3 is 0 Å². The van der Waals surface area contributed by atoms with Crippen LogP contribution in [0.5, 0.6) is 0 Å². The Morgan fingerprint density at radius 2 is 2.00 bits per heavy atom. The van der Waals surface area contributed by atoms with E-state index >= 15 is 0 Å².